The van der Waals surface area contributed by atoms with E-state index in [4.69, 9.17) is 5.73 Å². The zero-order valence-corrected chi connectivity index (χ0v) is 11.1. The second kappa shape index (κ2) is 5.68. The Bertz CT molecular complexity index is 661. The van der Waals surface area contributed by atoms with Crippen LogP contribution in [-0.4, -0.2) is 4.98 Å². The van der Waals surface area contributed by atoms with Crippen molar-refractivity contribution in [2.24, 2.45) is 5.73 Å². The van der Waals surface area contributed by atoms with E-state index in [0.717, 1.165) is 11.1 Å². The van der Waals surface area contributed by atoms with Gasteiger partial charge in [-0.1, -0.05) is 60.7 Å². The fraction of sp³-hybridized carbons (Fsp3) is 0.0556. The van der Waals surface area contributed by atoms with Gasteiger partial charge < -0.3 is 5.73 Å². The fourth-order valence-corrected chi connectivity index (χ4v) is 2.27. The molecular formula is C18H16N2. The Morgan fingerprint density at radius 2 is 1.40 bits per heavy atom. The molecule has 2 nitrogen and oxygen atoms in total. The third-order valence-electron chi connectivity index (χ3n) is 3.42. The van der Waals surface area contributed by atoms with Crippen molar-refractivity contribution >= 4 is 0 Å². The summed E-state index contributed by atoms with van der Waals surface area (Å²) in [5, 5.41) is 0. The van der Waals surface area contributed by atoms with Gasteiger partial charge in [-0.05, 0) is 28.3 Å². The lowest BCUT2D eigenvalue weighted by Gasteiger charge is -2.12. The van der Waals surface area contributed by atoms with Gasteiger partial charge in [-0.2, -0.15) is 0 Å². The van der Waals surface area contributed by atoms with E-state index in [1.165, 1.54) is 11.1 Å². The van der Waals surface area contributed by atoms with Crippen LogP contribution < -0.4 is 5.73 Å². The van der Waals surface area contributed by atoms with E-state index in [9.17, 15) is 0 Å². The van der Waals surface area contributed by atoms with Crippen LogP contribution in [0.15, 0.2) is 79.1 Å². The predicted molar refractivity (Wildman–Crippen MR) is 82.1 cm³/mol. The third kappa shape index (κ3) is 2.60. The van der Waals surface area contributed by atoms with Gasteiger partial charge in [-0.25, -0.2) is 0 Å². The van der Waals surface area contributed by atoms with Crippen molar-refractivity contribution < 1.29 is 0 Å². The Morgan fingerprint density at radius 1 is 0.700 bits per heavy atom. The highest BCUT2D eigenvalue weighted by molar-refractivity contribution is 5.63. The zero-order valence-electron chi connectivity index (χ0n) is 11.1. The maximum atomic E-state index is 6.27. The number of hydrogen-bond donors (Lipinski definition) is 1. The van der Waals surface area contributed by atoms with Gasteiger partial charge in [-0.3, -0.25) is 4.98 Å². The van der Waals surface area contributed by atoms with Crippen LogP contribution in [0.1, 0.15) is 17.2 Å². The molecule has 0 amide bonds. The van der Waals surface area contributed by atoms with Crippen LogP contribution >= 0.6 is 0 Å². The standard InChI is InChI=1S/C18H16N2/c19-18(17-7-4-12-20-13-17)16-10-8-15(9-11-16)14-5-2-1-3-6-14/h1-13,18H,19H2. The molecule has 20 heavy (non-hydrogen) atoms. The number of nitrogens with two attached hydrogens (primary N) is 1. The summed E-state index contributed by atoms with van der Waals surface area (Å²) in [5.41, 5.74) is 10.8. The highest BCUT2D eigenvalue weighted by Gasteiger charge is 2.08. The van der Waals surface area contributed by atoms with Gasteiger partial charge in [0.05, 0.1) is 6.04 Å². The molecule has 1 aromatic heterocycles. The first kappa shape index (κ1) is 12.6. The third-order valence-corrected chi connectivity index (χ3v) is 3.42. The van der Waals surface area contributed by atoms with Gasteiger partial charge in [0.15, 0.2) is 0 Å². The fourth-order valence-electron chi connectivity index (χ4n) is 2.27. The molecule has 1 heterocycles. The van der Waals surface area contributed by atoms with Gasteiger partial charge in [0.1, 0.15) is 0 Å². The molecule has 3 rings (SSSR count). The van der Waals surface area contributed by atoms with Crippen molar-refractivity contribution in [1.82, 2.24) is 4.98 Å². The molecule has 0 radical (unpaired) electrons. The molecule has 1 atom stereocenters. The van der Waals surface area contributed by atoms with E-state index in [-0.39, 0.29) is 6.04 Å². The first-order chi connectivity index (χ1) is 9.84. The minimum atomic E-state index is -0.131. The summed E-state index contributed by atoms with van der Waals surface area (Å²) in [6.45, 7) is 0. The van der Waals surface area contributed by atoms with Crippen molar-refractivity contribution in [2.45, 2.75) is 6.04 Å². The van der Waals surface area contributed by atoms with E-state index < -0.39 is 0 Å². The van der Waals surface area contributed by atoms with Crippen LogP contribution in [0.25, 0.3) is 11.1 Å². The topological polar surface area (TPSA) is 38.9 Å². The average Bonchev–Trinajstić information content (AvgIpc) is 2.56. The van der Waals surface area contributed by atoms with Crippen LogP contribution in [0.4, 0.5) is 0 Å². The monoisotopic (exact) mass is 260 g/mol. The molecule has 2 aromatic carbocycles. The van der Waals surface area contributed by atoms with Gasteiger partial charge in [-0.15, -0.1) is 0 Å². The van der Waals surface area contributed by atoms with Crippen molar-refractivity contribution in [3.63, 3.8) is 0 Å². The second-order valence-corrected chi connectivity index (χ2v) is 4.75. The minimum absolute atomic E-state index is 0.131. The maximum Gasteiger partial charge on any atom is 0.0566 e. The van der Waals surface area contributed by atoms with E-state index in [1.54, 1.807) is 6.20 Å². The SMILES string of the molecule is NC(c1ccc(-c2ccccc2)cc1)c1cccnc1. The average molecular weight is 260 g/mol. The Labute approximate surface area is 118 Å². The van der Waals surface area contributed by atoms with Gasteiger partial charge in [0, 0.05) is 12.4 Å². The second-order valence-electron chi connectivity index (χ2n) is 4.75. The van der Waals surface area contributed by atoms with Gasteiger partial charge in [0.25, 0.3) is 0 Å². The molecule has 0 fully saturated rings. The number of rotatable bonds is 3. The molecule has 2 heteroatoms. The number of benzene rings is 2. The zero-order chi connectivity index (χ0) is 13.8. The van der Waals surface area contributed by atoms with E-state index in [0.29, 0.717) is 0 Å². The number of pyridine rings is 1. The Kier molecular flexibility index (Phi) is 3.57. The molecule has 0 aliphatic heterocycles. The molecule has 0 aliphatic carbocycles. The summed E-state index contributed by atoms with van der Waals surface area (Å²) in [7, 11) is 0. The Balaban J connectivity index is 1.87. The summed E-state index contributed by atoms with van der Waals surface area (Å²) in [5.74, 6) is 0. The van der Waals surface area contributed by atoms with Crippen molar-refractivity contribution in [3.05, 3.63) is 90.3 Å². The van der Waals surface area contributed by atoms with Gasteiger partial charge in [0.2, 0.25) is 0 Å². The normalized spacial score (nSPS) is 12.1. The van der Waals surface area contributed by atoms with E-state index in [1.807, 2.05) is 36.5 Å². The summed E-state index contributed by atoms with van der Waals surface area (Å²) < 4.78 is 0. The highest BCUT2D eigenvalue weighted by Crippen LogP contribution is 2.23. The molecule has 1 unspecified atom stereocenters. The largest absolute Gasteiger partial charge is 0.320 e. The van der Waals surface area contributed by atoms with Crippen molar-refractivity contribution in [1.29, 1.82) is 0 Å². The first-order valence-electron chi connectivity index (χ1n) is 6.65. The highest BCUT2D eigenvalue weighted by atomic mass is 14.7. The van der Waals surface area contributed by atoms with Crippen molar-refractivity contribution in [2.75, 3.05) is 0 Å². The van der Waals surface area contributed by atoms with Crippen LogP contribution in [0.5, 0.6) is 0 Å². The molecule has 0 aliphatic rings. The van der Waals surface area contributed by atoms with E-state index in [2.05, 4.69) is 41.4 Å². The molecule has 3 aromatic rings. The molecule has 0 spiro atoms. The number of hydrogen-bond acceptors (Lipinski definition) is 2. The van der Waals surface area contributed by atoms with Crippen LogP contribution in [0.3, 0.4) is 0 Å². The lowest BCUT2D eigenvalue weighted by atomic mass is 9.98. The number of nitrogens with zero attached hydrogens (tertiary/aromatic N) is 1. The van der Waals surface area contributed by atoms with Crippen LogP contribution in [-0.2, 0) is 0 Å². The minimum Gasteiger partial charge on any atom is -0.320 e. The quantitative estimate of drug-likeness (QED) is 0.778. The van der Waals surface area contributed by atoms with Crippen molar-refractivity contribution in [3.8, 4) is 11.1 Å². The summed E-state index contributed by atoms with van der Waals surface area (Å²) in [6.07, 6.45) is 3.57. The Morgan fingerprint density at radius 3 is 2.05 bits per heavy atom. The van der Waals surface area contributed by atoms with Crippen LogP contribution in [0, 0.1) is 0 Å². The summed E-state index contributed by atoms with van der Waals surface area (Å²) >= 11 is 0. The Hall–Kier alpha value is -2.45. The molecule has 0 saturated heterocycles. The maximum absolute atomic E-state index is 6.27. The van der Waals surface area contributed by atoms with Gasteiger partial charge >= 0.3 is 0 Å². The van der Waals surface area contributed by atoms with E-state index >= 15 is 0 Å². The summed E-state index contributed by atoms with van der Waals surface area (Å²) in [6, 6.07) is 22.5. The lowest BCUT2D eigenvalue weighted by Crippen LogP contribution is -2.11. The number of aromatic nitrogens is 1. The molecule has 2 N–H and O–H groups in total. The molecule has 0 bridgehead atoms. The first-order valence-corrected chi connectivity index (χ1v) is 6.65. The smallest absolute Gasteiger partial charge is 0.0566 e. The molecular weight excluding hydrogens is 244 g/mol. The van der Waals surface area contributed by atoms with Crippen LogP contribution in [0.2, 0.25) is 0 Å². The lowest BCUT2D eigenvalue weighted by molar-refractivity contribution is 0.863. The molecule has 0 saturated carbocycles. The molecule has 98 valence electrons. The summed E-state index contributed by atoms with van der Waals surface area (Å²) in [4.78, 5) is 4.12. The predicted octanol–water partition coefficient (Wildman–Crippen LogP) is 3.80.